The van der Waals surface area contributed by atoms with Gasteiger partial charge >= 0.3 is 5.97 Å². The lowest BCUT2D eigenvalue weighted by Gasteiger charge is -2.33. The average molecular weight is 396 g/mol. The number of rotatable bonds is 6. The Bertz CT molecular complexity index is 846. The summed E-state index contributed by atoms with van der Waals surface area (Å²) in [4.78, 5) is 22.1. The molecule has 0 aliphatic carbocycles. The summed E-state index contributed by atoms with van der Waals surface area (Å²) in [7, 11) is -3.30. The van der Waals surface area contributed by atoms with Crippen molar-refractivity contribution in [3.05, 3.63) is 47.0 Å². The van der Waals surface area contributed by atoms with Crippen LogP contribution in [0.3, 0.4) is 0 Å². The van der Waals surface area contributed by atoms with Gasteiger partial charge in [0.25, 0.3) is 0 Å². The molecule has 0 amide bonds. The molecule has 1 aliphatic rings. The van der Waals surface area contributed by atoms with E-state index in [0.717, 1.165) is 5.56 Å². The second-order valence-electron chi connectivity index (χ2n) is 5.85. The zero-order valence-electron chi connectivity index (χ0n) is 14.1. The van der Waals surface area contributed by atoms with Gasteiger partial charge in [0.15, 0.2) is 5.13 Å². The number of nitrogens with two attached hydrogens (primary N) is 1. The average Bonchev–Trinajstić information content (AvgIpc) is 3.17. The predicted molar refractivity (Wildman–Crippen MR) is 99.4 cm³/mol. The van der Waals surface area contributed by atoms with Gasteiger partial charge < -0.3 is 9.74 Å². The molecule has 0 atom stereocenters. The van der Waals surface area contributed by atoms with Gasteiger partial charge in [-0.05, 0) is 12.0 Å². The number of anilines is 1. The highest BCUT2D eigenvalue weighted by molar-refractivity contribution is 7.89. The van der Waals surface area contributed by atoms with Crippen molar-refractivity contribution in [1.82, 2.24) is 9.29 Å². The highest BCUT2D eigenvalue weighted by Crippen LogP contribution is 2.24. The first-order chi connectivity index (χ1) is 12.5. The molecule has 0 bridgehead atoms. The van der Waals surface area contributed by atoms with Crippen LogP contribution < -0.4 is 10.8 Å². The third kappa shape index (κ3) is 4.39. The summed E-state index contributed by atoms with van der Waals surface area (Å²) in [6, 6.07) is 9.58. The van der Waals surface area contributed by atoms with Gasteiger partial charge in [-0.3, -0.25) is 0 Å². The molecule has 140 valence electrons. The molecular formula is C16H20N4O4S2. The molecule has 2 N–H and O–H groups in total. The number of hydrogen-bond donors (Lipinski definition) is 1. The summed E-state index contributed by atoms with van der Waals surface area (Å²) in [5.41, 5.74) is 1.01. The Morgan fingerprint density at radius 3 is 2.54 bits per heavy atom. The fraction of sp³-hybridized carbons (Fsp3) is 0.375. The third-order valence-electron chi connectivity index (χ3n) is 4.20. The number of aryl methyl sites for hydroxylation is 1. The number of carbonyl (C=O) groups excluding carboxylic acids is 1. The van der Waals surface area contributed by atoms with Crippen LogP contribution in [0.25, 0.3) is 0 Å². The lowest BCUT2D eigenvalue weighted by atomic mass is 10.2. The minimum absolute atomic E-state index is 0.0980. The smallest absolute Gasteiger partial charge is 0.368 e. The van der Waals surface area contributed by atoms with Crippen molar-refractivity contribution >= 4 is 32.5 Å². The van der Waals surface area contributed by atoms with Crippen LogP contribution in [0.2, 0.25) is 0 Å². The largest absolute Gasteiger partial charge is 0.369 e. The van der Waals surface area contributed by atoms with Crippen LogP contribution in [0.1, 0.15) is 15.2 Å². The lowest BCUT2D eigenvalue weighted by molar-refractivity contribution is 0.0509. The number of nitrogens with zero attached hydrogens (tertiary/aromatic N) is 3. The molecule has 2 heterocycles. The van der Waals surface area contributed by atoms with Crippen LogP contribution in [0.15, 0.2) is 36.5 Å². The summed E-state index contributed by atoms with van der Waals surface area (Å²) in [5, 5.41) is 0.659. The second kappa shape index (κ2) is 8.12. The zero-order chi connectivity index (χ0) is 18.6. The second-order valence-corrected chi connectivity index (χ2v) is 8.95. The first-order valence-electron chi connectivity index (χ1n) is 8.13. The van der Waals surface area contributed by atoms with E-state index in [2.05, 4.69) is 9.82 Å². The summed E-state index contributed by atoms with van der Waals surface area (Å²) < 4.78 is 26.6. The minimum atomic E-state index is -3.30. The number of hydrogen-bond acceptors (Lipinski definition) is 8. The number of carbonyl (C=O) groups is 1. The van der Waals surface area contributed by atoms with E-state index in [9.17, 15) is 13.2 Å². The fourth-order valence-electron chi connectivity index (χ4n) is 2.74. The molecule has 10 heteroatoms. The van der Waals surface area contributed by atoms with Crippen LogP contribution in [0.5, 0.6) is 0 Å². The van der Waals surface area contributed by atoms with Crippen LogP contribution in [-0.2, 0) is 21.3 Å². The quantitative estimate of drug-likeness (QED) is 0.722. The van der Waals surface area contributed by atoms with E-state index in [1.54, 1.807) is 0 Å². The van der Waals surface area contributed by atoms with Crippen molar-refractivity contribution in [1.29, 1.82) is 0 Å². The van der Waals surface area contributed by atoms with Crippen LogP contribution in [0, 0.1) is 0 Å². The number of sulfonamides is 1. The zero-order valence-corrected chi connectivity index (χ0v) is 15.7. The normalized spacial score (nSPS) is 15.8. The maximum Gasteiger partial charge on any atom is 0.368 e. The number of benzene rings is 1. The molecule has 0 spiro atoms. The van der Waals surface area contributed by atoms with Crippen LogP contribution in [0.4, 0.5) is 5.13 Å². The molecular weight excluding hydrogens is 376 g/mol. The van der Waals surface area contributed by atoms with E-state index in [4.69, 9.17) is 5.90 Å². The monoisotopic (exact) mass is 396 g/mol. The van der Waals surface area contributed by atoms with Crippen molar-refractivity contribution in [3.8, 4) is 0 Å². The van der Waals surface area contributed by atoms with Crippen LogP contribution in [-0.4, -0.2) is 55.6 Å². The predicted octanol–water partition coefficient (Wildman–Crippen LogP) is 0.868. The van der Waals surface area contributed by atoms with Crippen molar-refractivity contribution in [2.75, 3.05) is 36.8 Å². The van der Waals surface area contributed by atoms with Gasteiger partial charge in [0, 0.05) is 26.2 Å². The summed E-state index contributed by atoms with van der Waals surface area (Å²) in [6.45, 7) is 1.84. The van der Waals surface area contributed by atoms with E-state index in [0.29, 0.717) is 42.6 Å². The maximum absolute atomic E-state index is 12.6. The molecule has 26 heavy (non-hydrogen) atoms. The summed E-state index contributed by atoms with van der Waals surface area (Å²) in [5.74, 6) is 4.34. The number of piperazine rings is 1. The van der Waals surface area contributed by atoms with Gasteiger partial charge in [-0.1, -0.05) is 41.7 Å². The Morgan fingerprint density at radius 2 is 1.88 bits per heavy atom. The number of thiazole rings is 1. The highest BCUT2D eigenvalue weighted by atomic mass is 32.2. The fourth-order valence-corrected chi connectivity index (χ4v) is 5.06. The van der Waals surface area contributed by atoms with Gasteiger partial charge in [-0.2, -0.15) is 10.2 Å². The minimum Gasteiger partial charge on any atom is -0.369 e. The van der Waals surface area contributed by atoms with Gasteiger partial charge in [-0.15, -0.1) is 0 Å². The molecule has 3 rings (SSSR count). The van der Waals surface area contributed by atoms with E-state index < -0.39 is 16.0 Å². The Balaban J connectivity index is 1.55. The standard InChI is InChI=1S/C16H20N4O4S2/c17-24-15(21)14-12-18-16(25-14)19-7-9-20(10-8-19)26(22,23)11-6-13-4-2-1-3-5-13/h1-5,12H,6-11,17H2. The summed E-state index contributed by atoms with van der Waals surface area (Å²) >= 11 is 1.18. The molecule has 1 aromatic heterocycles. The Kier molecular flexibility index (Phi) is 5.87. The van der Waals surface area contributed by atoms with Crippen molar-refractivity contribution in [3.63, 3.8) is 0 Å². The molecule has 0 radical (unpaired) electrons. The first-order valence-corrected chi connectivity index (χ1v) is 10.6. The Morgan fingerprint density at radius 1 is 1.19 bits per heavy atom. The SMILES string of the molecule is NOC(=O)c1cnc(N2CCN(S(=O)(=O)CCc3ccccc3)CC2)s1. The molecule has 8 nitrogen and oxygen atoms in total. The van der Waals surface area contributed by atoms with Gasteiger partial charge in [0.2, 0.25) is 10.0 Å². The van der Waals surface area contributed by atoms with Crippen molar-refractivity contribution < 1.29 is 18.0 Å². The lowest BCUT2D eigenvalue weighted by Crippen LogP contribution is -2.49. The van der Waals surface area contributed by atoms with Crippen molar-refractivity contribution in [2.45, 2.75) is 6.42 Å². The van der Waals surface area contributed by atoms with E-state index in [-0.39, 0.29) is 5.75 Å². The highest BCUT2D eigenvalue weighted by Gasteiger charge is 2.28. The summed E-state index contributed by atoms with van der Waals surface area (Å²) in [6.07, 6.45) is 1.92. The molecule has 1 saturated heterocycles. The van der Waals surface area contributed by atoms with Crippen molar-refractivity contribution in [2.24, 2.45) is 5.90 Å². The molecule has 1 fully saturated rings. The van der Waals surface area contributed by atoms with E-state index >= 15 is 0 Å². The third-order valence-corrected chi connectivity index (χ3v) is 7.11. The Hall–Kier alpha value is -2.01. The molecule has 2 aromatic rings. The van der Waals surface area contributed by atoms with E-state index in [1.807, 2.05) is 35.2 Å². The van der Waals surface area contributed by atoms with Gasteiger partial charge in [0.1, 0.15) is 4.88 Å². The van der Waals surface area contributed by atoms with E-state index in [1.165, 1.54) is 21.8 Å². The van der Waals surface area contributed by atoms with Gasteiger partial charge in [-0.25, -0.2) is 18.2 Å². The first kappa shape index (κ1) is 18.8. The Labute approximate surface area is 156 Å². The molecule has 1 aromatic carbocycles. The van der Waals surface area contributed by atoms with Crippen LogP contribution >= 0.6 is 11.3 Å². The maximum atomic E-state index is 12.6. The molecule has 1 aliphatic heterocycles. The molecule has 0 saturated carbocycles. The topological polar surface area (TPSA) is 106 Å². The molecule has 0 unspecified atom stereocenters. The number of aromatic nitrogens is 1. The van der Waals surface area contributed by atoms with Gasteiger partial charge in [0.05, 0.1) is 11.9 Å².